The summed E-state index contributed by atoms with van der Waals surface area (Å²) in [5, 5.41) is 0. The van der Waals surface area contributed by atoms with E-state index in [9.17, 15) is 0 Å². The standard InChI is InChI=1S/C25H34/c1-4-19-9-11-22-21-10-8-20-16-18(17-6-5-7-17)12-14-25(20,3)23(21)13-15-24(19,22)2/h4-8,18,21-23H,9-16H2,1-3H3/b19-4-/t18-,21?,22?,23?,24+,25-/m0/s1. The molecule has 0 radical (unpaired) electrons. The second-order valence-electron chi connectivity index (χ2n) is 10.0. The summed E-state index contributed by atoms with van der Waals surface area (Å²) in [7, 11) is 0. The molecule has 0 heterocycles. The lowest BCUT2D eigenvalue weighted by molar-refractivity contribution is -0.0166. The quantitative estimate of drug-likeness (QED) is 0.452. The van der Waals surface area contributed by atoms with E-state index < -0.39 is 0 Å². The first-order valence-corrected chi connectivity index (χ1v) is 10.8. The molecule has 0 aromatic heterocycles. The average molecular weight is 335 g/mol. The molecule has 0 aromatic rings. The average Bonchev–Trinajstić information content (AvgIpc) is 2.90. The van der Waals surface area contributed by atoms with Crippen molar-refractivity contribution in [2.24, 2.45) is 34.5 Å². The Hall–Kier alpha value is -1.04. The molecule has 0 heteroatoms. The number of fused-ring (bicyclic) bond motifs is 5. The van der Waals surface area contributed by atoms with Crippen LogP contribution in [0.1, 0.15) is 72.1 Å². The SMILES string of the molecule is C/C=C1/CCC2C3CC=C4C[C@@H](C5=CC=C5)CC[C@]4(C)C3CC[C@]12C. The minimum Gasteiger partial charge on any atom is -0.0879 e. The van der Waals surface area contributed by atoms with Crippen molar-refractivity contribution in [3.05, 3.63) is 47.1 Å². The molecule has 0 spiro atoms. The van der Waals surface area contributed by atoms with Gasteiger partial charge in [-0.15, -0.1) is 0 Å². The van der Waals surface area contributed by atoms with E-state index in [1.807, 2.05) is 5.57 Å². The first kappa shape index (κ1) is 16.2. The Morgan fingerprint density at radius 3 is 2.52 bits per heavy atom. The highest BCUT2D eigenvalue weighted by Gasteiger charge is 2.57. The molecule has 5 aliphatic carbocycles. The molecule has 0 saturated heterocycles. The summed E-state index contributed by atoms with van der Waals surface area (Å²) in [4.78, 5) is 0. The zero-order chi connectivity index (χ0) is 17.2. The Morgan fingerprint density at radius 1 is 1.04 bits per heavy atom. The zero-order valence-electron chi connectivity index (χ0n) is 16.4. The lowest BCUT2D eigenvalue weighted by atomic mass is 9.47. The first-order valence-electron chi connectivity index (χ1n) is 10.8. The van der Waals surface area contributed by atoms with E-state index in [1.165, 1.54) is 51.4 Å². The van der Waals surface area contributed by atoms with Crippen LogP contribution in [0.5, 0.6) is 0 Å². The van der Waals surface area contributed by atoms with Gasteiger partial charge in [0.1, 0.15) is 0 Å². The number of allylic oxidation sites excluding steroid dienone is 8. The molecule has 0 bridgehead atoms. The molecule has 25 heavy (non-hydrogen) atoms. The molecule has 3 fully saturated rings. The van der Waals surface area contributed by atoms with Crippen molar-refractivity contribution in [2.45, 2.75) is 72.1 Å². The van der Waals surface area contributed by atoms with Gasteiger partial charge in [0.2, 0.25) is 0 Å². The van der Waals surface area contributed by atoms with Gasteiger partial charge in [-0.25, -0.2) is 0 Å². The molecule has 6 atom stereocenters. The van der Waals surface area contributed by atoms with E-state index in [4.69, 9.17) is 0 Å². The molecule has 134 valence electrons. The highest BCUT2D eigenvalue weighted by atomic mass is 14.6. The van der Waals surface area contributed by atoms with Crippen molar-refractivity contribution in [3.63, 3.8) is 0 Å². The van der Waals surface area contributed by atoms with Gasteiger partial charge < -0.3 is 0 Å². The fourth-order valence-electron chi connectivity index (χ4n) is 7.75. The van der Waals surface area contributed by atoms with E-state index >= 15 is 0 Å². The molecular formula is C25H34. The highest BCUT2D eigenvalue weighted by Crippen LogP contribution is 2.66. The van der Waals surface area contributed by atoms with E-state index in [0.29, 0.717) is 10.8 Å². The van der Waals surface area contributed by atoms with Gasteiger partial charge in [-0.1, -0.05) is 55.4 Å². The van der Waals surface area contributed by atoms with E-state index in [2.05, 4.69) is 51.2 Å². The smallest absolute Gasteiger partial charge is 0.00848 e. The predicted octanol–water partition coefficient (Wildman–Crippen LogP) is 7.01. The van der Waals surface area contributed by atoms with Crippen molar-refractivity contribution in [1.82, 2.24) is 0 Å². The van der Waals surface area contributed by atoms with Crippen LogP contribution in [-0.2, 0) is 0 Å². The number of hydrogen-bond acceptors (Lipinski definition) is 0. The predicted molar refractivity (Wildman–Crippen MR) is 106 cm³/mol. The Balaban J connectivity index is 1.44. The van der Waals surface area contributed by atoms with E-state index in [0.717, 1.165) is 23.7 Å². The Bertz CT molecular complexity index is 702. The van der Waals surface area contributed by atoms with Gasteiger partial charge in [0.25, 0.3) is 0 Å². The third kappa shape index (κ3) is 2.12. The van der Waals surface area contributed by atoms with Crippen LogP contribution >= 0.6 is 0 Å². The zero-order valence-corrected chi connectivity index (χ0v) is 16.4. The van der Waals surface area contributed by atoms with Crippen LogP contribution < -0.4 is 0 Å². The molecule has 0 aliphatic heterocycles. The van der Waals surface area contributed by atoms with Crippen LogP contribution in [-0.4, -0.2) is 0 Å². The lowest BCUT2D eigenvalue weighted by Crippen LogP contribution is -2.49. The maximum absolute atomic E-state index is 2.72. The molecule has 0 aromatic carbocycles. The van der Waals surface area contributed by atoms with Gasteiger partial charge in [-0.2, -0.15) is 0 Å². The topological polar surface area (TPSA) is 0 Å². The first-order chi connectivity index (χ1) is 12.1. The summed E-state index contributed by atoms with van der Waals surface area (Å²) >= 11 is 0. The van der Waals surface area contributed by atoms with E-state index in [1.54, 1.807) is 11.1 Å². The summed E-state index contributed by atoms with van der Waals surface area (Å²) in [6.45, 7) is 7.52. The van der Waals surface area contributed by atoms with Crippen LogP contribution in [0.2, 0.25) is 0 Å². The minimum atomic E-state index is 0.507. The van der Waals surface area contributed by atoms with Crippen LogP contribution in [0.15, 0.2) is 47.1 Å². The van der Waals surface area contributed by atoms with Crippen LogP contribution in [0, 0.1) is 34.5 Å². The monoisotopic (exact) mass is 334 g/mol. The third-order valence-corrected chi connectivity index (χ3v) is 9.35. The molecule has 5 aliphatic rings. The molecule has 0 amide bonds. The molecule has 0 N–H and O–H groups in total. The highest BCUT2D eigenvalue weighted by molar-refractivity contribution is 5.40. The van der Waals surface area contributed by atoms with Gasteiger partial charge in [0, 0.05) is 0 Å². The second kappa shape index (κ2) is 5.48. The summed E-state index contributed by atoms with van der Waals surface area (Å²) in [6, 6.07) is 0. The second-order valence-corrected chi connectivity index (χ2v) is 10.0. The normalized spacial score (nSPS) is 49.6. The fraction of sp³-hybridized carbons (Fsp3) is 0.680. The maximum atomic E-state index is 2.72. The molecule has 3 unspecified atom stereocenters. The lowest BCUT2D eigenvalue weighted by Gasteiger charge is -2.57. The minimum absolute atomic E-state index is 0.507. The number of hydrogen-bond donors (Lipinski definition) is 0. The fourth-order valence-corrected chi connectivity index (χ4v) is 7.75. The van der Waals surface area contributed by atoms with Gasteiger partial charge in [-0.05, 0) is 98.4 Å². The van der Waals surface area contributed by atoms with Crippen LogP contribution in [0.25, 0.3) is 0 Å². The summed E-state index contributed by atoms with van der Waals surface area (Å²) < 4.78 is 0. The van der Waals surface area contributed by atoms with Gasteiger partial charge in [-0.3, -0.25) is 0 Å². The van der Waals surface area contributed by atoms with E-state index in [-0.39, 0.29) is 0 Å². The van der Waals surface area contributed by atoms with Gasteiger partial charge >= 0.3 is 0 Å². The molecule has 0 nitrogen and oxygen atoms in total. The molecule has 3 saturated carbocycles. The summed E-state index contributed by atoms with van der Waals surface area (Å²) in [5.74, 6) is 3.66. The van der Waals surface area contributed by atoms with Crippen molar-refractivity contribution < 1.29 is 0 Å². The van der Waals surface area contributed by atoms with Crippen LogP contribution in [0.4, 0.5) is 0 Å². The third-order valence-electron chi connectivity index (χ3n) is 9.35. The maximum Gasteiger partial charge on any atom is -0.00848 e. The van der Waals surface area contributed by atoms with Crippen LogP contribution in [0.3, 0.4) is 0 Å². The van der Waals surface area contributed by atoms with Gasteiger partial charge in [0.15, 0.2) is 0 Å². The van der Waals surface area contributed by atoms with Crippen molar-refractivity contribution in [2.75, 3.05) is 0 Å². The summed E-state index contributed by atoms with van der Waals surface area (Å²) in [6.07, 6.45) is 23.4. The van der Waals surface area contributed by atoms with Crippen molar-refractivity contribution in [3.8, 4) is 0 Å². The number of rotatable bonds is 1. The molecular weight excluding hydrogens is 300 g/mol. The Morgan fingerprint density at radius 2 is 1.80 bits per heavy atom. The molecule has 5 rings (SSSR count). The van der Waals surface area contributed by atoms with Gasteiger partial charge in [0.05, 0.1) is 0 Å². The largest absolute Gasteiger partial charge is 0.0879 e. The summed E-state index contributed by atoms with van der Waals surface area (Å²) in [5.41, 5.74) is 6.27. The Labute approximate surface area is 154 Å². The van der Waals surface area contributed by atoms with Crippen molar-refractivity contribution in [1.29, 1.82) is 0 Å². The Kier molecular flexibility index (Phi) is 3.54. The van der Waals surface area contributed by atoms with Crippen molar-refractivity contribution >= 4 is 0 Å².